The highest BCUT2D eigenvalue weighted by Crippen LogP contribution is 2.25. The number of nitrogens with zero attached hydrogens (tertiary/aromatic N) is 2. The van der Waals surface area contributed by atoms with Gasteiger partial charge in [0.15, 0.2) is 0 Å². The van der Waals surface area contributed by atoms with E-state index in [1.54, 1.807) is 12.1 Å². The van der Waals surface area contributed by atoms with E-state index in [9.17, 15) is 14.1 Å². The van der Waals surface area contributed by atoms with E-state index in [0.717, 1.165) is 28.0 Å². The van der Waals surface area contributed by atoms with Gasteiger partial charge in [0, 0.05) is 23.1 Å². The lowest BCUT2D eigenvalue weighted by Gasteiger charge is -2.11. The van der Waals surface area contributed by atoms with Gasteiger partial charge in [0.2, 0.25) is 0 Å². The molecule has 1 aromatic heterocycles. The Kier molecular flexibility index (Phi) is 5.77. The lowest BCUT2D eigenvalue weighted by atomic mass is 9.99. The van der Waals surface area contributed by atoms with Crippen LogP contribution in [0.1, 0.15) is 28.7 Å². The average Bonchev–Trinajstić information content (AvgIpc) is 3.11. The molecule has 0 aliphatic rings. The summed E-state index contributed by atoms with van der Waals surface area (Å²) in [6.07, 6.45) is 0. The van der Waals surface area contributed by atoms with Crippen LogP contribution >= 0.6 is 0 Å². The molecule has 30 heavy (non-hydrogen) atoms. The number of carboxylic acid groups (broad SMARTS) is 1. The van der Waals surface area contributed by atoms with Gasteiger partial charge in [-0.3, -0.25) is 4.21 Å². The molecular formula is C24H22N2O3S. The highest BCUT2D eigenvalue weighted by Gasteiger charge is 2.14. The number of aromatic nitrogens is 2. The van der Waals surface area contributed by atoms with Gasteiger partial charge in [-0.05, 0) is 34.9 Å². The van der Waals surface area contributed by atoms with Gasteiger partial charge in [-0.25, -0.2) is 9.78 Å². The van der Waals surface area contributed by atoms with Gasteiger partial charge in [-0.2, -0.15) is 0 Å². The van der Waals surface area contributed by atoms with Gasteiger partial charge < -0.3 is 9.67 Å². The van der Waals surface area contributed by atoms with Crippen molar-refractivity contribution < 1.29 is 14.1 Å². The van der Waals surface area contributed by atoms with Crippen LogP contribution in [0.15, 0.2) is 72.8 Å². The van der Waals surface area contributed by atoms with Gasteiger partial charge in [0.05, 0.1) is 22.3 Å². The first kappa shape index (κ1) is 20.0. The fourth-order valence-electron chi connectivity index (χ4n) is 3.55. The van der Waals surface area contributed by atoms with E-state index < -0.39 is 16.8 Å². The molecule has 6 heteroatoms. The van der Waals surface area contributed by atoms with Crippen molar-refractivity contribution in [2.75, 3.05) is 5.75 Å². The predicted octanol–water partition coefficient (Wildman–Crippen LogP) is 4.72. The highest BCUT2D eigenvalue weighted by atomic mass is 32.2. The van der Waals surface area contributed by atoms with Crippen LogP contribution in [-0.4, -0.2) is 30.6 Å². The van der Waals surface area contributed by atoms with E-state index in [2.05, 4.69) is 4.57 Å². The Balaban J connectivity index is 1.67. The summed E-state index contributed by atoms with van der Waals surface area (Å²) >= 11 is 0. The molecule has 0 aliphatic carbocycles. The van der Waals surface area contributed by atoms with E-state index >= 15 is 0 Å². The maximum atomic E-state index is 12.2. The summed E-state index contributed by atoms with van der Waals surface area (Å²) in [5.74, 6) is 0.903. The van der Waals surface area contributed by atoms with E-state index in [1.807, 2.05) is 67.6 Å². The zero-order chi connectivity index (χ0) is 21.1. The molecule has 0 saturated carbocycles. The molecule has 1 atom stereocenters. The molecule has 0 spiro atoms. The number of carboxylic acids is 1. The van der Waals surface area contributed by atoms with Crippen molar-refractivity contribution in [2.45, 2.75) is 19.2 Å². The minimum atomic E-state index is -0.948. The lowest BCUT2D eigenvalue weighted by Crippen LogP contribution is -2.09. The number of fused-ring (bicyclic) bond motifs is 1. The Labute approximate surface area is 177 Å². The van der Waals surface area contributed by atoms with Gasteiger partial charge in [0.1, 0.15) is 5.82 Å². The number of hydrogen-bond acceptors (Lipinski definition) is 3. The molecule has 1 heterocycles. The van der Waals surface area contributed by atoms with Crippen molar-refractivity contribution in [2.24, 2.45) is 0 Å². The second-order valence-corrected chi connectivity index (χ2v) is 8.77. The monoisotopic (exact) mass is 418 g/mol. The third-order valence-corrected chi connectivity index (χ3v) is 6.33. The van der Waals surface area contributed by atoms with Crippen molar-refractivity contribution in [3.05, 3.63) is 89.7 Å². The largest absolute Gasteiger partial charge is 0.478 e. The molecule has 152 valence electrons. The molecule has 0 radical (unpaired) electrons. The first-order chi connectivity index (χ1) is 14.6. The molecule has 1 N–H and O–H groups in total. The maximum Gasteiger partial charge on any atom is 0.336 e. The Morgan fingerprint density at radius 3 is 2.43 bits per heavy atom. The summed E-state index contributed by atoms with van der Waals surface area (Å²) < 4.78 is 14.3. The van der Waals surface area contributed by atoms with Crippen molar-refractivity contribution in [1.82, 2.24) is 9.55 Å². The van der Waals surface area contributed by atoms with Gasteiger partial charge in [0.25, 0.3) is 0 Å². The zero-order valence-corrected chi connectivity index (χ0v) is 17.4. The Morgan fingerprint density at radius 2 is 1.70 bits per heavy atom. The summed E-state index contributed by atoms with van der Waals surface area (Å²) in [5, 5.41) is 9.44. The molecule has 4 rings (SSSR count). The number of benzene rings is 3. The Bertz CT molecular complexity index is 1230. The number of rotatable bonds is 7. The third-order valence-electron chi connectivity index (χ3n) is 5.11. The summed E-state index contributed by atoms with van der Waals surface area (Å²) in [6.45, 7) is 2.52. The topological polar surface area (TPSA) is 72.2 Å². The van der Waals surface area contributed by atoms with Gasteiger partial charge >= 0.3 is 5.97 Å². The SMILES string of the molecule is CCS(=O)Cc1nc2ccccc2n1Cc1ccc(-c2ccccc2C(=O)O)cc1. The smallest absolute Gasteiger partial charge is 0.336 e. The maximum absolute atomic E-state index is 12.2. The predicted molar refractivity (Wildman–Crippen MR) is 120 cm³/mol. The minimum absolute atomic E-state index is 0.287. The summed E-state index contributed by atoms with van der Waals surface area (Å²) in [5.41, 5.74) is 4.82. The fraction of sp³-hybridized carbons (Fsp3) is 0.167. The number of para-hydroxylation sites is 2. The molecule has 3 aromatic carbocycles. The third kappa shape index (κ3) is 4.04. The molecule has 0 bridgehead atoms. The first-order valence-electron chi connectivity index (χ1n) is 9.77. The Hall–Kier alpha value is -3.25. The van der Waals surface area contributed by atoms with E-state index in [4.69, 9.17) is 4.98 Å². The molecule has 0 amide bonds. The van der Waals surface area contributed by atoms with Crippen molar-refractivity contribution in [3.63, 3.8) is 0 Å². The molecule has 0 saturated heterocycles. The average molecular weight is 419 g/mol. The van der Waals surface area contributed by atoms with E-state index in [-0.39, 0.29) is 5.56 Å². The standard InChI is InChI=1S/C24H22N2O3S/c1-2-30(29)16-23-25-21-9-5-6-10-22(21)26(23)15-17-11-13-18(14-12-17)19-7-3-4-8-20(19)24(27)28/h3-14H,2,15-16H2,1H3,(H,27,28). The van der Waals surface area contributed by atoms with Crippen LogP contribution < -0.4 is 0 Å². The number of aromatic carboxylic acids is 1. The molecular weight excluding hydrogens is 396 g/mol. The molecule has 0 fully saturated rings. The first-order valence-corrected chi connectivity index (χ1v) is 11.3. The molecule has 0 aliphatic heterocycles. The minimum Gasteiger partial charge on any atom is -0.478 e. The van der Waals surface area contributed by atoms with Crippen LogP contribution in [0, 0.1) is 0 Å². The van der Waals surface area contributed by atoms with Crippen LogP contribution in [0.4, 0.5) is 0 Å². The van der Waals surface area contributed by atoms with Crippen LogP contribution in [-0.2, 0) is 23.1 Å². The number of hydrogen-bond donors (Lipinski definition) is 1. The van der Waals surface area contributed by atoms with Crippen LogP contribution in [0.2, 0.25) is 0 Å². The summed E-state index contributed by atoms with van der Waals surface area (Å²) in [6, 6.07) is 22.8. The highest BCUT2D eigenvalue weighted by molar-refractivity contribution is 7.84. The van der Waals surface area contributed by atoms with E-state index in [0.29, 0.717) is 23.6 Å². The quantitative estimate of drug-likeness (QED) is 0.471. The van der Waals surface area contributed by atoms with Crippen molar-refractivity contribution in [1.29, 1.82) is 0 Å². The van der Waals surface area contributed by atoms with Crippen LogP contribution in [0.25, 0.3) is 22.2 Å². The molecule has 1 unspecified atom stereocenters. The second kappa shape index (κ2) is 8.63. The lowest BCUT2D eigenvalue weighted by molar-refractivity contribution is 0.0697. The normalized spacial score (nSPS) is 12.2. The Morgan fingerprint density at radius 1 is 1.00 bits per heavy atom. The molecule has 4 aromatic rings. The van der Waals surface area contributed by atoms with Gasteiger partial charge in [-0.15, -0.1) is 0 Å². The molecule has 5 nitrogen and oxygen atoms in total. The van der Waals surface area contributed by atoms with E-state index in [1.165, 1.54) is 0 Å². The summed E-state index contributed by atoms with van der Waals surface area (Å²) in [7, 11) is -0.948. The summed E-state index contributed by atoms with van der Waals surface area (Å²) in [4.78, 5) is 16.2. The second-order valence-electron chi connectivity index (χ2n) is 7.02. The fourth-order valence-corrected chi connectivity index (χ4v) is 4.26. The van der Waals surface area contributed by atoms with Gasteiger partial charge in [-0.1, -0.05) is 61.5 Å². The number of imidazole rings is 1. The van der Waals surface area contributed by atoms with Crippen LogP contribution in [0.3, 0.4) is 0 Å². The van der Waals surface area contributed by atoms with Crippen molar-refractivity contribution in [3.8, 4) is 11.1 Å². The van der Waals surface area contributed by atoms with Crippen molar-refractivity contribution >= 4 is 27.8 Å². The zero-order valence-electron chi connectivity index (χ0n) is 16.6. The van der Waals surface area contributed by atoms with Crippen LogP contribution in [0.5, 0.6) is 0 Å². The number of carbonyl (C=O) groups is 1.